The maximum absolute atomic E-state index is 14.1. The molecule has 0 saturated carbocycles. The molecule has 226 valence electrons. The number of likely N-dealkylation sites (N-methyl/N-ethyl adjacent to an activating group) is 1. The van der Waals surface area contributed by atoms with Crippen LogP contribution < -0.4 is 10.1 Å². The number of hydrogen-bond acceptors (Lipinski definition) is 4. The van der Waals surface area contributed by atoms with Gasteiger partial charge in [-0.05, 0) is 52.1 Å². The molecule has 3 aromatic carbocycles. The molecule has 0 aromatic heterocycles. The van der Waals surface area contributed by atoms with E-state index in [1.807, 2.05) is 47.2 Å². The van der Waals surface area contributed by atoms with Crippen LogP contribution in [0.2, 0.25) is 0 Å². The first-order chi connectivity index (χ1) is 20.6. The molecule has 0 spiro atoms. The van der Waals surface area contributed by atoms with Crippen molar-refractivity contribution in [2.24, 2.45) is 0 Å². The van der Waals surface area contributed by atoms with Gasteiger partial charge in [0.1, 0.15) is 5.75 Å². The number of carbonyl (C=O) groups is 2. The number of piperazine rings is 1. The summed E-state index contributed by atoms with van der Waals surface area (Å²) in [6.45, 7) is 10.6. The van der Waals surface area contributed by atoms with E-state index >= 15 is 0 Å². The Bertz CT molecular complexity index is 1470. The molecule has 2 atom stereocenters. The number of carbonyl (C=O) groups excluding carboxylic acids is 2. The number of fused-ring (bicyclic) bond motifs is 2. The second-order valence-corrected chi connectivity index (χ2v) is 12.9. The number of hydrogen-bond donors (Lipinski definition) is 1. The van der Waals surface area contributed by atoms with Crippen LogP contribution in [0.3, 0.4) is 0 Å². The van der Waals surface area contributed by atoms with Crippen LogP contribution >= 0.6 is 0 Å². The number of ether oxygens (including phenoxy) is 1. The monoisotopic (exact) mass is 579 g/mol. The van der Waals surface area contributed by atoms with Crippen LogP contribution in [0.15, 0.2) is 84.4 Å². The first-order valence-corrected chi connectivity index (χ1v) is 15.5. The van der Waals surface area contributed by atoms with E-state index in [-0.39, 0.29) is 29.3 Å². The van der Waals surface area contributed by atoms with Gasteiger partial charge in [-0.3, -0.25) is 9.59 Å². The lowest BCUT2D eigenvalue weighted by atomic mass is 9.82. The molecule has 43 heavy (non-hydrogen) atoms. The van der Waals surface area contributed by atoms with E-state index in [1.165, 1.54) is 16.7 Å². The summed E-state index contributed by atoms with van der Waals surface area (Å²) < 4.78 is 6.28. The Morgan fingerprint density at radius 1 is 0.930 bits per heavy atom. The van der Waals surface area contributed by atoms with Crippen molar-refractivity contribution in [3.8, 4) is 5.75 Å². The summed E-state index contributed by atoms with van der Waals surface area (Å²) >= 11 is 0. The third-order valence-electron chi connectivity index (χ3n) is 8.62. The molecule has 2 amide bonds. The molecule has 2 heterocycles. The highest BCUT2D eigenvalue weighted by atomic mass is 16.5. The van der Waals surface area contributed by atoms with E-state index < -0.39 is 0 Å². The fraction of sp³-hybridized carbons (Fsp3) is 0.405. The first kappa shape index (κ1) is 30.6. The van der Waals surface area contributed by atoms with Gasteiger partial charge in [0.2, 0.25) is 5.91 Å². The Balaban J connectivity index is 1.38. The van der Waals surface area contributed by atoms with Gasteiger partial charge in [0.25, 0.3) is 5.91 Å². The number of rotatable bonds is 9. The van der Waals surface area contributed by atoms with Gasteiger partial charge in [0.15, 0.2) is 0 Å². The largest absolute Gasteiger partial charge is 0.493 e. The minimum atomic E-state index is -0.195. The van der Waals surface area contributed by atoms with Crippen LogP contribution in [0, 0.1) is 0 Å². The van der Waals surface area contributed by atoms with Crippen molar-refractivity contribution in [2.45, 2.75) is 64.5 Å². The Morgan fingerprint density at radius 3 is 2.40 bits per heavy atom. The summed E-state index contributed by atoms with van der Waals surface area (Å²) in [4.78, 5) is 30.2. The fourth-order valence-electron chi connectivity index (χ4n) is 6.28. The van der Waals surface area contributed by atoms with E-state index in [0.29, 0.717) is 32.7 Å². The average molecular weight is 580 g/mol. The van der Waals surface area contributed by atoms with Crippen molar-refractivity contribution in [1.29, 1.82) is 0 Å². The predicted molar refractivity (Wildman–Crippen MR) is 173 cm³/mol. The van der Waals surface area contributed by atoms with Crippen LogP contribution in [-0.4, -0.2) is 67.0 Å². The molecule has 2 aliphatic heterocycles. The zero-order valence-electron chi connectivity index (χ0n) is 26.2. The molecule has 6 heteroatoms. The van der Waals surface area contributed by atoms with E-state index in [9.17, 15) is 9.59 Å². The van der Waals surface area contributed by atoms with Crippen LogP contribution in [0.1, 0.15) is 56.4 Å². The molecule has 0 radical (unpaired) electrons. The highest BCUT2D eigenvalue weighted by molar-refractivity contribution is 6.03. The van der Waals surface area contributed by atoms with Crippen LogP contribution in [0.5, 0.6) is 5.75 Å². The zero-order chi connectivity index (χ0) is 30.6. The maximum Gasteiger partial charge on any atom is 0.251 e. The summed E-state index contributed by atoms with van der Waals surface area (Å²) in [6, 6.07) is 27.0. The van der Waals surface area contributed by atoms with Crippen LogP contribution in [0.25, 0.3) is 5.57 Å². The molecule has 2 bridgehead atoms. The molecule has 2 aliphatic rings. The van der Waals surface area contributed by atoms with Gasteiger partial charge < -0.3 is 19.9 Å². The van der Waals surface area contributed by atoms with Crippen molar-refractivity contribution in [3.05, 3.63) is 107 Å². The van der Waals surface area contributed by atoms with Crippen molar-refractivity contribution in [1.82, 2.24) is 15.1 Å². The van der Waals surface area contributed by atoms with Gasteiger partial charge >= 0.3 is 0 Å². The molecule has 1 fully saturated rings. The molecule has 5 rings (SSSR count). The Labute approximate surface area is 256 Å². The SMILES string of the molecule is CC(=O)N1CC2CC(c3cccc(CCOc4ccccc4C(C)(C)C)c3)=C(C(=O)N(C)CCc3ccccc3)[C@@H](C1)N2. The normalized spacial score (nSPS) is 18.4. The van der Waals surface area contributed by atoms with Gasteiger partial charge in [0.05, 0.1) is 12.6 Å². The van der Waals surface area contributed by atoms with Gasteiger partial charge in [-0.15, -0.1) is 0 Å². The minimum Gasteiger partial charge on any atom is -0.493 e. The minimum absolute atomic E-state index is 0.00519. The van der Waals surface area contributed by atoms with E-state index in [4.69, 9.17) is 4.74 Å². The van der Waals surface area contributed by atoms with Crippen molar-refractivity contribution >= 4 is 17.4 Å². The summed E-state index contributed by atoms with van der Waals surface area (Å²) in [7, 11) is 1.89. The molecule has 6 nitrogen and oxygen atoms in total. The molecule has 0 aliphatic carbocycles. The molecule has 1 saturated heterocycles. The van der Waals surface area contributed by atoms with Crippen molar-refractivity contribution in [2.75, 3.05) is 33.3 Å². The molecule has 1 N–H and O–H groups in total. The average Bonchev–Trinajstić information content (AvgIpc) is 2.99. The van der Waals surface area contributed by atoms with Crippen LogP contribution in [-0.2, 0) is 27.8 Å². The fourth-order valence-corrected chi connectivity index (χ4v) is 6.28. The summed E-state index contributed by atoms with van der Waals surface area (Å²) in [6.07, 6.45) is 2.26. The summed E-state index contributed by atoms with van der Waals surface area (Å²) in [5.41, 5.74) is 6.55. The number of para-hydroxylation sites is 1. The Hall–Kier alpha value is -3.90. The standard InChI is InChI=1S/C37H45N3O3/c1-26(41)40-24-30-23-31(35(33(25-40)38-30)36(42)39(5)20-18-27-12-7-6-8-13-27)29-15-11-14-28(22-29)19-21-43-34-17-10-9-16-32(34)37(2,3)4/h6-17,22,30,33,38H,18-21,23-25H2,1-5H3/t30?,33-/m1/s1. The lowest BCUT2D eigenvalue weighted by Gasteiger charge is -2.44. The molecule has 3 aromatic rings. The van der Waals surface area contributed by atoms with Crippen molar-refractivity contribution in [3.63, 3.8) is 0 Å². The topological polar surface area (TPSA) is 61.9 Å². The molecular formula is C37H45N3O3. The quantitative estimate of drug-likeness (QED) is 0.356. The lowest BCUT2D eigenvalue weighted by molar-refractivity contribution is -0.132. The van der Waals surface area contributed by atoms with E-state index in [1.54, 1.807) is 6.92 Å². The highest BCUT2D eigenvalue weighted by Crippen LogP contribution is 2.35. The Kier molecular flexibility index (Phi) is 9.36. The number of amides is 2. The summed E-state index contributed by atoms with van der Waals surface area (Å²) in [5, 5.41) is 3.66. The third kappa shape index (κ3) is 7.37. The lowest BCUT2D eigenvalue weighted by Crippen LogP contribution is -2.61. The predicted octanol–water partition coefficient (Wildman–Crippen LogP) is 5.65. The van der Waals surface area contributed by atoms with E-state index in [0.717, 1.165) is 35.3 Å². The number of nitrogens with zero attached hydrogens (tertiary/aromatic N) is 2. The van der Waals surface area contributed by atoms with E-state index in [2.05, 4.69) is 74.6 Å². The van der Waals surface area contributed by atoms with Crippen LogP contribution in [0.4, 0.5) is 0 Å². The van der Waals surface area contributed by atoms with Gasteiger partial charge in [-0.2, -0.15) is 0 Å². The van der Waals surface area contributed by atoms with Gasteiger partial charge in [0, 0.05) is 51.6 Å². The molecule has 1 unspecified atom stereocenters. The number of benzene rings is 3. The first-order valence-electron chi connectivity index (χ1n) is 15.5. The third-order valence-corrected chi connectivity index (χ3v) is 8.62. The summed E-state index contributed by atoms with van der Waals surface area (Å²) in [5.74, 6) is 1.01. The smallest absolute Gasteiger partial charge is 0.251 e. The van der Waals surface area contributed by atoms with Gasteiger partial charge in [-0.25, -0.2) is 0 Å². The maximum atomic E-state index is 14.1. The van der Waals surface area contributed by atoms with Crippen molar-refractivity contribution < 1.29 is 14.3 Å². The zero-order valence-corrected chi connectivity index (χ0v) is 26.2. The van der Waals surface area contributed by atoms with Gasteiger partial charge in [-0.1, -0.05) is 93.6 Å². The molecular weight excluding hydrogens is 534 g/mol. The number of nitrogens with one attached hydrogen (secondary N) is 1. The Morgan fingerprint density at radius 2 is 1.65 bits per heavy atom. The highest BCUT2D eigenvalue weighted by Gasteiger charge is 2.39. The second kappa shape index (κ2) is 13.2. The second-order valence-electron chi connectivity index (χ2n) is 12.9.